The molecule has 2 aromatic carbocycles. The Morgan fingerprint density at radius 1 is 1.20 bits per heavy atom. The molecular formula is C22H26ClN3O7S2. The molecule has 0 saturated heterocycles. The van der Waals surface area contributed by atoms with Crippen molar-refractivity contribution in [3.05, 3.63) is 46.5 Å². The quantitative estimate of drug-likeness (QED) is 0.408. The second kappa shape index (κ2) is 11.8. The molecule has 3 N–H and O–H groups in total. The van der Waals surface area contributed by atoms with E-state index in [2.05, 4.69) is 10.0 Å². The summed E-state index contributed by atoms with van der Waals surface area (Å²) in [7, 11) is -2.78. The van der Waals surface area contributed by atoms with Gasteiger partial charge in [0.25, 0.3) is 15.9 Å². The Balaban J connectivity index is 1.84. The molecule has 0 aliphatic carbocycles. The van der Waals surface area contributed by atoms with Gasteiger partial charge >= 0.3 is 5.24 Å². The molecule has 1 aliphatic heterocycles. The molecule has 35 heavy (non-hydrogen) atoms. The lowest BCUT2D eigenvalue weighted by molar-refractivity contribution is 0.0912. The second-order valence-electron chi connectivity index (χ2n) is 7.36. The predicted octanol–water partition coefficient (Wildman–Crippen LogP) is 3.14. The van der Waals surface area contributed by atoms with Gasteiger partial charge in [0.2, 0.25) is 0 Å². The maximum atomic E-state index is 12.9. The molecular weight excluding hydrogens is 518 g/mol. The van der Waals surface area contributed by atoms with Crippen molar-refractivity contribution < 1.29 is 32.2 Å². The van der Waals surface area contributed by atoms with E-state index >= 15 is 0 Å². The molecule has 1 unspecified atom stereocenters. The highest BCUT2D eigenvalue weighted by molar-refractivity contribution is 8.13. The van der Waals surface area contributed by atoms with Crippen LogP contribution in [0.15, 0.2) is 35.2 Å². The van der Waals surface area contributed by atoms with E-state index in [4.69, 9.17) is 25.8 Å². The SMILES string of the molecule is CCNSC(=O)NS(=O)(=O)c1cc2c(cc1OCC)OCC(NC(=O)c1cc(Cl)ccc1OC)C2. The van der Waals surface area contributed by atoms with Gasteiger partial charge < -0.3 is 19.5 Å². The van der Waals surface area contributed by atoms with Crippen LogP contribution in [0.4, 0.5) is 4.79 Å². The number of sulfonamides is 1. The van der Waals surface area contributed by atoms with E-state index < -0.39 is 27.2 Å². The lowest BCUT2D eigenvalue weighted by Gasteiger charge is -2.27. The molecule has 13 heteroatoms. The van der Waals surface area contributed by atoms with E-state index in [1.165, 1.54) is 25.3 Å². The van der Waals surface area contributed by atoms with Gasteiger partial charge in [-0.25, -0.2) is 13.1 Å². The zero-order chi connectivity index (χ0) is 25.6. The van der Waals surface area contributed by atoms with Crippen molar-refractivity contribution in [1.29, 1.82) is 0 Å². The summed E-state index contributed by atoms with van der Waals surface area (Å²) in [5, 5.41) is 2.48. The average molecular weight is 544 g/mol. The van der Waals surface area contributed by atoms with E-state index in [1.54, 1.807) is 26.0 Å². The largest absolute Gasteiger partial charge is 0.496 e. The number of halogens is 1. The first-order valence-electron chi connectivity index (χ1n) is 10.7. The summed E-state index contributed by atoms with van der Waals surface area (Å²) in [4.78, 5) is 24.7. The van der Waals surface area contributed by atoms with Crippen LogP contribution in [0.1, 0.15) is 29.8 Å². The molecule has 0 spiro atoms. The molecule has 0 fully saturated rings. The van der Waals surface area contributed by atoms with Crippen LogP contribution in [0.2, 0.25) is 5.02 Å². The normalized spacial score (nSPS) is 14.9. The Hall–Kier alpha value is -2.67. The van der Waals surface area contributed by atoms with E-state index in [0.29, 0.717) is 47.0 Å². The van der Waals surface area contributed by atoms with Gasteiger partial charge in [-0.05, 0) is 43.2 Å². The van der Waals surface area contributed by atoms with Crippen LogP contribution in [0.5, 0.6) is 17.2 Å². The Bertz CT molecular complexity index is 1210. The fourth-order valence-electron chi connectivity index (χ4n) is 3.41. The predicted molar refractivity (Wildman–Crippen MR) is 133 cm³/mol. The van der Waals surface area contributed by atoms with Crippen molar-refractivity contribution in [2.75, 3.05) is 26.9 Å². The number of hydrogen-bond acceptors (Lipinski definition) is 9. The highest BCUT2D eigenvalue weighted by Gasteiger charge is 2.29. The Morgan fingerprint density at radius 2 is 1.97 bits per heavy atom. The summed E-state index contributed by atoms with van der Waals surface area (Å²) in [5.41, 5.74) is 0.803. The third kappa shape index (κ3) is 6.72. The van der Waals surface area contributed by atoms with Crippen LogP contribution >= 0.6 is 23.5 Å². The molecule has 0 bridgehead atoms. The minimum absolute atomic E-state index is 0.0613. The summed E-state index contributed by atoms with van der Waals surface area (Å²) < 4.78 is 47.1. The van der Waals surface area contributed by atoms with Gasteiger partial charge in [0.05, 0.1) is 25.3 Å². The number of benzene rings is 2. The number of rotatable bonds is 9. The lowest BCUT2D eigenvalue weighted by Crippen LogP contribution is -2.43. The molecule has 0 saturated carbocycles. The number of nitrogens with one attached hydrogen (secondary N) is 3. The van der Waals surface area contributed by atoms with Gasteiger partial charge in [0.1, 0.15) is 28.8 Å². The van der Waals surface area contributed by atoms with Crippen molar-refractivity contribution in [2.45, 2.75) is 31.2 Å². The third-order valence-electron chi connectivity index (χ3n) is 4.89. The van der Waals surface area contributed by atoms with Crippen molar-refractivity contribution in [3.8, 4) is 17.2 Å². The maximum absolute atomic E-state index is 12.9. The Kier molecular flexibility index (Phi) is 9.11. The summed E-state index contributed by atoms with van der Waals surface area (Å²) in [6.07, 6.45) is 0.291. The second-order valence-corrected chi connectivity index (χ2v) is 10.3. The number of carbonyl (C=O) groups excluding carboxylic acids is 2. The molecule has 2 aromatic rings. The molecule has 2 amide bonds. The standard InChI is InChI=1S/C22H26ClN3O7S2/c1-4-24-34-22(28)26-35(29,30)20-9-13-8-15(12-33-18(13)11-19(20)32-5-2)25-21(27)16-10-14(23)6-7-17(16)31-3/h6-7,9-11,15,24H,4-5,8,12H2,1-3H3,(H,25,27)(H,26,28). The number of hydrogen-bond donors (Lipinski definition) is 3. The maximum Gasteiger partial charge on any atom is 0.307 e. The summed E-state index contributed by atoms with van der Waals surface area (Å²) >= 11 is 6.67. The van der Waals surface area contributed by atoms with Crippen LogP contribution in [-0.4, -0.2) is 52.5 Å². The number of ether oxygens (including phenoxy) is 3. The third-order valence-corrected chi connectivity index (χ3v) is 7.33. The van der Waals surface area contributed by atoms with Crippen molar-refractivity contribution in [3.63, 3.8) is 0 Å². The van der Waals surface area contributed by atoms with E-state index in [1.807, 2.05) is 4.72 Å². The fraction of sp³-hybridized carbons (Fsp3) is 0.364. The molecule has 1 heterocycles. The number of amides is 2. The minimum Gasteiger partial charge on any atom is -0.496 e. The molecule has 0 radical (unpaired) electrons. The molecule has 1 aliphatic rings. The Labute approximate surface area is 213 Å². The lowest BCUT2D eigenvalue weighted by atomic mass is 10.0. The molecule has 3 rings (SSSR count). The highest BCUT2D eigenvalue weighted by atomic mass is 35.5. The highest BCUT2D eigenvalue weighted by Crippen LogP contribution is 2.35. The first-order valence-corrected chi connectivity index (χ1v) is 13.4. The van der Waals surface area contributed by atoms with E-state index in [-0.39, 0.29) is 29.4 Å². The van der Waals surface area contributed by atoms with Crippen LogP contribution in [0.3, 0.4) is 0 Å². The van der Waals surface area contributed by atoms with Crippen LogP contribution in [0.25, 0.3) is 0 Å². The first-order chi connectivity index (χ1) is 16.7. The van der Waals surface area contributed by atoms with Gasteiger partial charge in [0.15, 0.2) is 0 Å². The van der Waals surface area contributed by atoms with Crippen molar-refractivity contribution >= 4 is 44.7 Å². The molecule has 0 aromatic heterocycles. The summed E-state index contributed by atoms with van der Waals surface area (Å²) in [6, 6.07) is 7.13. The first kappa shape index (κ1) is 26.9. The van der Waals surface area contributed by atoms with Gasteiger partial charge in [-0.3, -0.25) is 14.3 Å². The topological polar surface area (TPSA) is 132 Å². The smallest absolute Gasteiger partial charge is 0.307 e. The van der Waals surface area contributed by atoms with Gasteiger partial charge in [-0.1, -0.05) is 18.5 Å². The van der Waals surface area contributed by atoms with Crippen molar-refractivity contribution in [2.24, 2.45) is 0 Å². The zero-order valence-electron chi connectivity index (χ0n) is 19.3. The van der Waals surface area contributed by atoms with Crippen LogP contribution in [0, 0.1) is 0 Å². The monoisotopic (exact) mass is 543 g/mol. The Morgan fingerprint density at radius 3 is 2.66 bits per heavy atom. The number of carbonyl (C=O) groups is 2. The van der Waals surface area contributed by atoms with E-state index in [9.17, 15) is 18.0 Å². The fourth-order valence-corrected chi connectivity index (χ4v) is 5.36. The molecule has 190 valence electrons. The summed E-state index contributed by atoms with van der Waals surface area (Å²) in [5.74, 6) is 0.454. The molecule has 1 atom stereocenters. The van der Waals surface area contributed by atoms with Gasteiger partial charge in [0, 0.05) is 29.6 Å². The van der Waals surface area contributed by atoms with E-state index in [0.717, 1.165) is 0 Å². The molecule has 10 nitrogen and oxygen atoms in total. The number of fused-ring (bicyclic) bond motifs is 1. The average Bonchev–Trinajstić information content (AvgIpc) is 2.82. The van der Waals surface area contributed by atoms with Gasteiger partial charge in [-0.15, -0.1) is 0 Å². The minimum atomic E-state index is -4.23. The van der Waals surface area contributed by atoms with Gasteiger partial charge in [-0.2, -0.15) is 0 Å². The summed E-state index contributed by atoms with van der Waals surface area (Å²) in [6.45, 7) is 4.35. The van der Waals surface area contributed by atoms with Crippen LogP contribution < -0.4 is 29.0 Å². The zero-order valence-corrected chi connectivity index (χ0v) is 21.7. The number of methoxy groups -OCH3 is 1. The van der Waals surface area contributed by atoms with Crippen LogP contribution in [-0.2, 0) is 16.4 Å². The van der Waals surface area contributed by atoms with Crippen molar-refractivity contribution in [1.82, 2.24) is 14.8 Å².